The van der Waals surface area contributed by atoms with Gasteiger partial charge in [-0.15, -0.1) is 0 Å². The van der Waals surface area contributed by atoms with Gasteiger partial charge < -0.3 is 30.4 Å². The van der Waals surface area contributed by atoms with Gasteiger partial charge in [0.25, 0.3) is 0 Å². The SMILES string of the molecule is O=C(O)c1nc(O[N+](=O)Oc2nc(C(=O)O)c([N+](=O)[O-])[nH]2)[nH]c1[N+](=O)[O-]. The largest absolute Gasteiger partial charge is 0.500 e. The molecule has 0 unspecified atom stereocenters. The third-order valence-corrected chi connectivity index (χ3v) is 2.42. The second-order valence-corrected chi connectivity index (χ2v) is 4.01. The zero-order valence-electron chi connectivity index (χ0n) is 11.8. The van der Waals surface area contributed by atoms with E-state index in [1.54, 1.807) is 9.97 Å². The Hall–Kier alpha value is -4.64. The van der Waals surface area contributed by atoms with Crippen LogP contribution in [0.3, 0.4) is 0 Å². The van der Waals surface area contributed by atoms with Gasteiger partial charge in [-0.3, -0.25) is 0 Å². The first-order chi connectivity index (χ1) is 12.1. The van der Waals surface area contributed by atoms with E-state index in [2.05, 4.69) is 19.6 Å². The molecule has 4 N–H and O–H groups in total. The van der Waals surface area contributed by atoms with Gasteiger partial charge in [-0.05, 0) is 9.85 Å². The molecule has 0 aromatic carbocycles. The van der Waals surface area contributed by atoms with Crippen LogP contribution in [-0.4, -0.2) is 57.0 Å². The normalized spacial score (nSPS) is 10.2. The Kier molecular flexibility index (Phi) is 4.40. The molecule has 2 aromatic heterocycles. The number of hydrogen-bond acceptors (Lipinski definition) is 11. The fourth-order valence-corrected chi connectivity index (χ4v) is 1.49. The molecular weight excluding hydrogens is 370 g/mol. The molecule has 2 rings (SSSR count). The summed E-state index contributed by atoms with van der Waals surface area (Å²) in [6.45, 7) is 0. The fourth-order valence-electron chi connectivity index (χ4n) is 1.49. The molecule has 0 aliphatic heterocycles. The number of carbonyl (C=O) groups is 2. The number of H-pyrrole nitrogens is 2. The standard InChI is InChI=1S/C8H3N7O11/c16-5(17)1-3(13(20)21)11-7(9-1)25-15(24)26-8-10-2(6(18)19)4(12-8)14(22)23/h(H3-,9,10,11,12,16,17,18,19)/p+1. The lowest BCUT2D eigenvalue weighted by Crippen LogP contribution is -2.18. The lowest BCUT2D eigenvalue weighted by molar-refractivity contribution is -0.923. The van der Waals surface area contributed by atoms with Crippen LogP contribution in [0.1, 0.15) is 21.0 Å². The van der Waals surface area contributed by atoms with Crippen molar-refractivity contribution in [1.29, 1.82) is 0 Å². The van der Waals surface area contributed by atoms with Crippen LogP contribution in [0, 0.1) is 25.1 Å². The molecular formula is C8H4N7O11+. The first-order valence-corrected chi connectivity index (χ1v) is 5.88. The van der Waals surface area contributed by atoms with Gasteiger partial charge in [-0.2, -0.15) is 19.9 Å². The van der Waals surface area contributed by atoms with Crippen molar-refractivity contribution in [3.63, 3.8) is 0 Å². The Morgan fingerprint density at radius 1 is 0.846 bits per heavy atom. The zero-order valence-corrected chi connectivity index (χ0v) is 11.8. The summed E-state index contributed by atoms with van der Waals surface area (Å²) in [5, 5.41) is 37.9. The molecule has 0 atom stereocenters. The number of nitrogens with zero attached hydrogens (tertiary/aromatic N) is 5. The molecule has 0 radical (unpaired) electrons. The minimum Gasteiger partial charge on any atom is -0.476 e. The molecule has 0 aliphatic carbocycles. The lowest BCUT2D eigenvalue weighted by atomic mass is 10.4. The Labute approximate surface area is 137 Å². The number of aromatic nitrogens is 4. The highest BCUT2D eigenvalue weighted by molar-refractivity contribution is 5.90. The quantitative estimate of drug-likeness (QED) is 0.333. The van der Waals surface area contributed by atoms with Crippen molar-refractivity contribution in [3.8, 4) is 12.0 Å². The second-order valence-electron chi connectivity index (χ2n) is 4.01. The van der Waals surface area contributed by atoms with E-state index in [9.17, 15) is 34.7 Å². The Morgan fingerprint density at radius 3 is 1.42 bits per heavy atom. The summed E-state index contributed by atoms with van der Waals surface area (Å²) in [5.41, 5.74) is -2.14. The second kappa shape index (κ2) is 6.46. The van der Waals surface area contributed by atoms with Gasteiger partial charge in [0.05, 0.1) is 0 Å². The Morgan fingerprint density at radius 2 is 1.19 bits per heavy atom. The maximum Gasteiger partial charge on any atom is 0.500 e. The molecule has 0 fully saturated rings. The molecule has 2 heterocycles. The van der Waals surface area contributed by atoms with Crippen molar-refractivity contribution in [2.45, 2.75) is 0 Å². The van der Waals surface area contributed by atoms with Crippen molar-refractivity contribution in [3.05, 3.63) is 36.5 Å². The van der Waals surface area contributed by atoms with Gasteiger partial charge in [0.2, 0.25) is 11.4 Å². The smallest absolute Gasteiger partial charge is 0.476 e. The molecule has 2 aromatic rings. The van der Waals surface area contributed by atoms with Crippen LogP contribution in [0.5, 0.6) is 12.0 Å². The van der Waals surface area contributed by atoms with Gasteiger partial charge in [0.15, 0.2) is 0 Å². The number of nitrogens with one attached hydrogen (secondary N) is 2. The molecule has 0 amide bonds. The van der Waals surface area contributed by atoms with Gasteiger partial charge in [-0.1, -0.05) is 9.68 Å². The van der Waals surface area contributed by atoms with Crippen LogP contribution >= 0.6 is 0 Å². The van der Waals surface area contributed by atoms with Crippen LogP contribution in [-0.2, 0) is 0 Å². The van der Waals surface area contributed by atoms with E-state index < -0.39 is 61.9 Å². The summed E-state index contributed by atoms with van der Waals surface area (Å²) in [6.07, 6.45) is 0. The molecule has 136 valence electrons. The molecule has 0 saturated carbocycles. The summed E-state index contributed by atoms with van der Waals surface area (Å²) in [4.78, 5) is 70.3. The zero-order chi connectivity index (χ0) is 19.6. The summed E-state index contributed by atoms with van der Waals surface area (Å²) in [6, 6.07) is -1.94. The highest BCUT2D eigenvalue weighted by Gasteiger charge is 2.35. The van der Waals surface area contributed by atoms with Crippen molar-refractivity contribution in [1.82, 2.24) is 19.9 Å². The predicted molar refractivity (Wildman–Crippen MR) is 69.3 cm³/mol. The molecule has 26 heavy (non-hydrogen) atoms. The van der Waals surface area contributed by atoms with Crippen LogP contribution in [0.4, 0.5) is 11.6 Å². The highest BCUT2D eigenvalue weighted by atomic mass is 17.0. The third kappa shape index (κ3) is 3.47. The number of aromatic amines is 2. The van der Waals surface area contributed by atoms with Crippen molar-refractivity contribution in [2.24, 2.45) is 0 Å². The number of aromatic carboxylic acids is 2. The third-order valence-electron chi connectivity index (χ3n) is 2.42. The molecule has 18 nitrogen and oxygen atoms in total. The molecule has 0 aliphatic rings. The number of carboxylic acid groups (broad SMARTS) is 2. The monoisotopic (exact) mass is 374 g/mol. The summed E-state index contributed by atoms with van der Waals surface area (Å²) in [7, 11) is 0. The molecule has 18 heteroatoms. The van der Waals surface area contributed by atoms with E-state index in [1.165, 1.54) is 0 Å². The average molecular weight is 374 g/mol. The van der Waals surface area contributed by atoms with E-state index in [-0.39, 0.29) is 0 Å². The first kappa shape index (κ1) is 17.7. The van der Waals surface area contributed by atoms with Crippen LogP contribution in [0.25, 0.3) is 0 Å². The Balaban J connectivity index is 2.19. The minimum absolute atomic E-state index is 0.817. The van der Waals surface area contributed by atoms with Crippen LogP contribution in [0.15, 0.2) is 0 Å². The minimum atomic E-state index is -1.80. The fraction of sp³-hybridized carbons (Fsp3) is 0. The topological polar surface area (TPSA) is 257 Å². The van der Waals surface area contributed by atoms with E-state index in [4.69, 9.17) is 10.2 Å². The highest BCUT2D eigenvalue weighted by Crippen LogP contribution is 2.21. The molecule has 0 saturated heterocycles. The molecule has 0 bridgehead atoms. The van der Waals surface area contributed by atoms with E-state index in [0.29, 0.717) is 0 Å². The number of nitro groups is 2. The number of hydrogen-bond donors (Lipinski definition) is 4. The van der Waals surface area contributed by atoms with E-state index in [1.807, 2.05) is 0 Å². The van der Waals surface area contributed by atoms with Crippen molar-refractivity contribution in [2.75, 3.05) is 0 Å². The summed E-state index contributed by atoms with van der Waals surface area (Å²) < 4.78 is 0. The average Bonchev–Trinajstić information content (AvgIpc) is 3.11. The first-order valence-electron chi connectivity index (χ1n) is 5.88. The van der Waals surface area contributed by atoms with Crippen molar-refractivity contribution >= 4 is 23.6 Å². The van der Waals surface area contributed by atoms with Gasteiger partial charge in [-0.25, -0.2) is 9.59 Å². The van der Waals surface area contributed by atoms with Crippen LogP contribution in [0.2, 0.25) is 0 Å². The summed E-state index contributed by atoms with van der Waals surface area (Å²) >= 11 is 0. The molecule has 0 spiro atoms. The van der Waals surface area contributed by atoms with Gasteiger partial charge >= 0.3 is 40.7 Å². The maximum absolute atomic E-state index is 11.4. The van der Waals surface area contributed by atoms with Crippen LogP contribution < -0.4 is 9.68 Å². The van der Waals surface area contributed by atoms with E-state index >= 15 is 0 Å². The lowest BCUT2D eigenvalue weighted by Gasteiger charge is -1.89. The summed E-state index contributed by atoms with van der Waals surface area (Å²) in [5.74, 6) is -5.78. The van der Waals surface area contributed by atoms with E-state index in [0.717, 1.165) is 0 Å². The number of rotatable bonds is 8. The predicted octanol–water partition coefficient (Wildman–Crippen LogP) is -0.588. The van der Waals surface area contributed by atoms with Crippen molar-refractivity contribution < 1.29 is 44.4 Å². The maximum atomic E-state index is 11.4. The van der Waals surface area contributed by atoms with Gasteiger partial charge in [0, 0.05) is 0 Å². The van der Waals surface area contributed by atoms with Gasteiger partial charge in [0.1, 0.15) is 4.91 Å². The Bertz CT molecular complexity index is 805. The number of imidazole rings is 2. The number of carboxylic acids is 2.